The molecule has 130 valence electrons. The zero-order valence-electron chi connectivity index (χ0n) is 13.8. The highest BCUT2D eigenvalue weighted by molar-refractivity contribution is 5.86. The molecule has 0 bridgehead atoms. The van der Waals surface area contributed by atoms with Crippen LogP contribution in [0.5, 0.6) is 11.5 Å². The molecule has 0 aliphatic carbocycles. The van der Waals surface area contributed by atoms with Gasteiger partial charge in [0.05, 0.1) is 31.8 Å². The van der Waals surface area contributed by atoms with E-state index in [9.17, 15) is 14.9 Å². The summed E-state index contributed by atoms with van der Waals surface area (Å²) in [5.74, 6) is 0.876. The molecule has 0 atom stereocenters. The Bertz CT molecular complexity index is 787. The molecule has 0 heterocycles. The van der Waals surface area contributed by atoms with Gasteiger partial charge in [-0.1, -0.05) is 12.1 Å². The van der Waals surface area contributed by atoms with Crippen molar-refractivity contribution in [3.8, 4) is 11.5 Å². The van der Waals surface area contributed by atoms with Crippen molar-refractivity contribution < 1.29 is 19.2 Å². The van der Waals surface area contributed by atoms with Crippen molar-refractivity contribution >= 4 is 17.8 Å². The average Bonchev–Trinajstić information content (AvgIpc) is 2.62. The number of methoxy groups -OCH3 is 2. The van der Waals surface area contributed by atoms with E-state index in [-0.39, 0.29) is 18.0 Å². The summed E-state index contributed by atoms with van der Waals surface area (Å²) in [5, 5.41) is 14.5. The van der Waals surface area contributed by atoms with Gasteiger partial charge in [-0.2, -0.15) is 5.10 Å². The van der Waals surface area contributed by atoms with E-state index in [2.05, 4.69) is 10.5 Å². The summed E-state index contributed by atoms with van der Waals surface area (Å²) in [6.07, 6.45) is 1.53. The first-order chi connectivity index (χ1) is 12.0. The number of carbonyl (C=O) groups is 1. The lowest BCUT2D eigenvalue weighted by molar-refractivity contribution is -0.384. The summed E-state index contributed by atoms with van der Waals surface area (Å²) >= 11 is 0. The van der Waals surface area contributed by atoms with Gasteiger partial charge in [0.1, 0.15) is 11.5 Å². The van der Waals surface area contributed by atoms with Crippen molar-refractivity contribution in [1.82, 2.24) is 5.43 Å². The van der Waals surface area contributed by atoms with Gasteiger partial charge in [-0.15, -0.1) is 0 Å². The van der Waals surface area contributed by atoms with Crippen LogP contribution >= 0.6 is 0 Å². The summed E-state index contributed by atoms with van der Waals surface area (Å²) < 4.78 is 10.3. The van der Waals surface area contributed by atoms with Crippen LogP contribution in [0.1, 0.15) is 11.1 Å². The van der Waals surface area contributed by atoms with E-state index in [1.165, 1.54) is 37.6 Å². The normalized spacial score (nSPS) is 10.5. The predicted octanol–water partition coefficient (Wildman–Crippen LogP) is 2.30. The minimum absolute atomic E-state index is 0.0196. The maximum absolute atomic E-state index is 11.9. The van der Waals surface area contributed by atoms with Gasteiger partial charge in [0, 0.05) is 23.8 Å². The summed E-state index contributed by atoms with van der Waals surface area (Å²) in [4.78, 5) is 22.0. The Kier molecular flexibility index (Phi) is 6.05. The monoisotopic (exact) mass is 343 g/mol. The van der Waals surface area contributed by atoms with E-state index in [0.717, 1.165) is 0 Å². The smallest absolute Gasteiger partial charge is 0.269 e. The van der Waals surface area contributed by atoms with Crippen LogP contribution in [0.2, 0.25) is 0 Å². The van der Waals surface area contributed by atoms with E-state index in [1.54, 1.807) is 25.3 Å². The van der Waals surface area contributed by atoms with Crippen LogP contribution in [-0.2, 0) is 11.2 Å². The fraction of sp³-hybridized carbons (Fsp3) is 0.176. The highest BCUT2D eigenvalue weighted by Gasteiger charge is 2.07. The molecule has 2 aromatic carbocycles. The van der Waals surface area contributed by atoms with Gasteiger partial charge in [-0.25, -0.2) is 5.43 Å². The minimum Gasteiger partial charge on any atom is -0.497 e. The Labute approximate surface area is 144 Å². The van der Waals surface area contributed by atoms with Crippen LogP contribution in [0.4, 0.5) is 5.69 Å². The third-order valence-corrected chi connectivity index (χ3v) is 3.35. The third kappa shape index (κ3) is 5.03. The molecule has 2 rings (SSSR count). The van der Waals surface area contributed by atoms with Crippen LogP contribution in [0.15, 0.2) is 47.6 Å². The Balaban J connectivity index is 1.95. The molecule has 25 heavy (non-hydrogen) atoms. The van der Waals surface area contributed by atoms with Gasteiger partial charge in [-0.05, 0) is 17.7 Å². The van der Waals surface area contributed by atoms with E-state index in [4.69, 9.17) is 9.47 Å². The highest BCUT2D eigenvalue weighted by Crippen LogP contribution is 2.23. The highest BCUT2D eigenvalue weighted by atomic mass is 16.6. The zero-order chi connectivity index (χ0) is 18.2. The molecular formula is C17H17N3O5. The fourth-order valence-corrected chi connectivity index (χ4v) is 2.06. The first kappa shape index (κ1) is 17.9. The number of nitrogens with one attached hydrogen (secondary N) is 1. The van der Waals surface area contributed by atoms with Crippen LogP contribution < -0.4 is 14.9 Å². The summed E-state index contributed by atoms with van der Waals surface area (Å²) in [7, 11) is 3.08. The van der Waals surface area contributed by atoms with Gasteiger partial charge >= 0.3 is 0 Å². The van der Waals surface area contributed by atoms with E-state index in [1.807, 2.05) is 0 Å². The molecule has 1 N–H and O–H groups in total. The quantitative estimate of drug-likeness (QED) is 0.472. The lowest BCUT2D eigenvalue weighted by Gasteiger charge is -2.07. The summed E-state index contributed by atoms with van der Waals surface area (Å²) in [6, 6.07) is 11.0. The number of hydrogen-bond acceptors (Lipinski definition) is 6. The number of rotatable bonds is 7. The van der Waals surface area contributed by atoms with E-state index >= 15 is 0 Å². The number of carbonyl (C=O) groups excluding carboxylic acids is 1. The van der Waals surface area contributed by atoms with Crippen molar-refractivity contribution in [1.29, 1.82) is 0 Å². The SMILES string of the molecule is COc1ccc(/C=N/NC(=O)Cc2ccc([N+](=O)[O-])cc2)c(OC)c1. The predicted molar refractivity (Wildman–Crippen MR) is 92.1 cm³/mol. The lowest BCUT2D eigenvalue weighted by Crippen LogP contribution is -2.19. The average molecular weight is 343 g/mol. The van der Waals surface area contributed by atoms with Gasteiger partial charge in [-0.3, -0.25) is 14.9 Å². The molecule has 1 amide bonds. The van der Waals surface area contributed by atoms with E-state index in [0.29, 0.717) is 22.6 Å². The number of non-ortho nitro benzene ring substituents is 1. The topological polar surface area (TPSA) is 103 Å². The molecular weight excluding hydrogens is 326 g/mol. The van der Waals surface area contributed by atoms with E-state index < -0.39 is 4.92 Å². The maximum Gasteiger partial charge on any atom is 0.269 e. The molecule has 0 aliphatic rings. The first-order valence-corrected chi connectivity index (χ1v) is 7.30. The minimum atomic E-state index is -0.490. The standard InChI is InChI=1S/C17H17N3O5/c1-24-15-8-5-13(16(10-15)25-2)11-18-19-17(21)9-12-3-6-14(7-4-12)20(22)23/h3-8,10-11H,9H2,1-2H3,(H,19,21)/b18-11+. The van der Waals surface area contributed by atoms with Gasteiger partial charge in [0.15, 0.2) is 0 Å². The molecule has 0 saturated heterocycles. The number of benzene rings is 2. The van der Waals surface area contributed by atoms with Crippen molar-refractivity contribution in [3.05, 3.63) is 63.7 Å². The van der Waals surface area contributed by atoms with Crippen molar-refractivity contribution in [2.24, 2.45) is 5.10 Å². The molecule has 2 aromatic rings. The summed E-state index contributed by atoms with van der Waals surface area (Å²) in [6.45, 7) is 0. The zero-order valence-corrected chi connectivity index (χ0v) is 13.8. The second kappa shape index (κ2) is 8.44. The third-order valence-electron chi connectivity index (χ3n) is 3.35. The molecule has 0 fully saturated rings. The van der Waals surface area contributed by atoms with Crippen molar-refractivity contribution in [3.63, 3.8) is 0 Å². The van der Waals surface area contributed by atoms with Crippen molar-refractivity contribution in [2.75, 3.05) is 14.2 Å². The number of nitro benzene ring substituents is 1. The Morgan fingerprint density at radius 1 is 1.20 bits per heavy atom. The molecule has 0 aromatic heterocycles. The molecule has 0 aliphatic heterocycles. The number of amides is 1. The van der Waals surface area contributed by atoms with Gasteiger partial charge in [0.2, 0.25) is 5.91 Å². The second-order valence-electron chi connectivity index (χ2n) is 5.00. The maximum atomic E-state index is 11.9. The molecule has 8 heteroatoms. The number of nitro groups is 1. The Morgan fingerprint density at radius 2 is 1.92 bits per heavy atom. The molecule has 0 radical (unpaired) electrons. The number of hydrazone groups is 1. The van der Waals surface area contributed by atoms with Crippen LogP contribution in [0.3, 0.4) is 0 Å². The molecule has 8 nitrogen and oxygen atoms in total. The Hall–Kier alpha value is -3.42. The number of nitrogens with zero attached hydrogens (tertiary/aromatic N) is 2. The fourth-order valence-electron chi connectivity index (χ4n) is 2.06. The van der Waals surface area contributed by atoms with Crippen LogP contribution in [0, 0.1) is 10.1 Å². The molecule has 0 unspecified atom stereocenters. The van der Waals surface area contributed by atoms with Gasteiger partial charge in [0.25, 0.3) is 5.69 Å². The lowest BCUT2D eigenvalue weighted by atomic mass is 10.1. The van der Waals surface area contributed by atoms with Crippen LogP contribution in [0.25, 0.3) is 0 Å². The summed E-state index contributed by atoms with van der Waals surface area (Å²) in [5.41, 5.74) is 3.72. The van der Waals surface area contributed by atoms with Gasteiger partial charge < -0.3 is 9.47 Å². The van der Waals surface area contributed by atoms with Crippen LogP contribution in [-0.4, -0.2) is 31.3 Å². The Morgan fingerprint density at radius 3 is 2.52 bits per heavy atom. The van der Waals surface area contributed by atoms with Crippen molar-refractivity contribution in [2.45, 2.75) is 6.42 Å². The largest absolute Gasteiger partial charge is 0.497 e. The number of hydrogen-bond donors (Lipinski definition) is 1. The second-order valence-corrected chi connectivity index (χ2v) is 5.00. The first-order valence-electron chi connectivity index (χ1n) is 7.30. The number of ether oxygens (including phenoxy) is 2. The molecule has 0 saturated carbocycles. The molecule has 0 spiro atoms.